The van der Waals surface area contributed by atoms with E-state index in [1.807, 2.05) is 29.2 Å². The van der Waals surface area contributed by atoms with Crippen molar-refractivity contribution in [3.05, 3.63) is 54.6 Å². The zero-order valence-corrected chi connectivity index (χ0v) is 26.9. The molecule has 4 saturated heterocycles. The molecular weight excluding hydrogens is 616 g/mol. The van der Waals surface area contributed by atoms with Crippen LogP contribution in [0.25, 0.3) is 32.8 Å². The number of likely N-dealkylation sites (N-methyl/N-ethyl adjacent to an activating group) is 1. The number of nitrogens with one attached hydrogen (secondary N) is 1. The van der Waals surface area contributed by atoms with Gasteiger partial charge in [0, 0.05) is 43.0 Å². The summed E-state index contributed by atoms with van der Waals surface area (Å²) in [6.07, 6.45) is 4.04. The monoisotopic (exact) mass is 652 g/mol. The first-order valence-corrected chi connectivity index (χ1v) is 17.1. The number of carbonyl (C=O) groups excluding carboxylic acids is 3. The number of thioether (sulfide) groups is 1. The van der Waals surface area contributed by atoms with Gasteiger partial charge in [-0.1, -0.05) is 42.1 Å². The normalized spacial score (nSPS) is 24.4. The summed E-state index contributed by atoms with van der Waals surface area (Å²) in [5.74, 6) is 0.503. The standard InChI is InChI=1S/C35H36N6O5S/c1-39-12-4-6-24(39)19-46-34-36-29-14-21(28-15-25(42)13-20-5-2-3-7-26(20)28)8-11-27(29)32(37-34)41-22-9-10-23(41)18-40(17-22)31(43)16-30-33(44)38-35(45)47-30/h2-3,5,7-8,11,13-15,22-24,30,42H,4,6,9-10,12,16-19H2,1H3,(H,38,44,45)/t22-,23+,24-,30?/m0/s1. The third-order valence-electron chi connectivity index (χ3n) is 10.1. The van der Waals surface area contributed by atoms with Crippen LogP contribution < -0.4 is 15.0 Å². The molecule has 1 unspecified atom stereocenters. The maximum atomic E-state index is 13.3. The fourth-order valence-corrected chi connectivity index (χ4v) is 8.49. The minimum atomic E-state index is -0.673. The van der Waals surface area contributed by atoms with Gasteiger partial charge in [-0.25, -0.2) is 0 Å². The summed E-state index contributed by atoms with van der Waals surface area (Å²) < 4.78 is 6.32. The zero-order valence-electron chi connectivity index (χ0n) is 26.1. The van der Waals surface area contributed by atoms with E-state index >= 15 is 0 Å². The van der Waals surface area contributed by atoms with Crippen LogP contribution >= 0.6 is 11.8 Å². The zero-order chi connectivity index (χ0) is 32.2. The fourth-order valence-electron chi connectivity index (χ4n) is 7.68. The molecule has 5 heterocycles. The molecule has 47 heavy (non-hydrogen) atoms. The van der Waals surface area contributed by atoms with Crippen LogP contribution in [0, 0.1) is 0 Å². The summed E-state index contributed by atoms with van der Waals surface area (Å²) in [4.78, 5) is 53.5. The van der Waals surface area contributed by atoms with E-state index < -0.39 is 16.4 Å². The van der Waals surface area contributed by atoms with E-state index in [1.54, 1.807) is 12.1 Å². The predicted octanol–water partition coefficient (Wildman–Crippen LogP) is 4.55. The molecule has 242 valence electrons. The van der Waals surface area contributed by atoms with Crippen molar-refractivity contribution in [3.8, 4) is 22.9 Å². The summed E-state index contributed by atoms with van der Waals surface area (Å²) in [7, 11) is 2.12. The number of rotatable bonds is 7. The van der Waals surface area contributed by atoms with Gasteiger partial charge >= 0.3 is 6.01 Å². The minimum absolute atomic E-state index is 0.0121. The van der Waals surface area contributed by atoms with Crippen LogP contribution in [0.3, 0.4) is 0 Å². The molecule has 1 aromatic heterocycles. The lowest BCUT2D eigenvalue weighted by Crippen LogP contribution is -2.56. The first-order valence-electron chi connectivity index (χ1n) is 16.3. The molecule has 4 atom stereocenters. The van der Waals surface area contributed by atoms with Gasteiger partial charge in [0.25, 0.3) is 5.24 Å². The SMILES string of the molecule is CN1CCC[C@H]1COc1nc(N2[C@@H]3CC[C@H]2CN(C(=O)CC2SC(=O)NC2=O)C3)c2ccc(-c3cc(O)cc4ccccc34)cc2n1. The number of benzene rings is 3. The molecule has 3 aromatic carbocycles. The van der Waals surface area contributed by atoms with Gasteiger partial charge in [-0.05, 0) is 85.4 Å². The van der Waals surface area contributed by atoms with Gasteiger partial charge in [-0.15, -0.1) is 0 Å². The van der Waals surface area contributed by atoms with E-state index in [4.69, 9.17) is 14.7 Å². The Morgan fingerprint density at radius 3 is 2.57 bits per heavy atom. The number of aromatic nitrogens is 2. The second-order valence-electron chi connectivity index (χ2n) is 13.0. The number of aromatic hydroxyl groups is 1. The predicted molar refractivity (Wildman–Crippen MR) is 181 cm³/mol. The number of imide groups is 1. The second kappa shape index (κ2) is 12.0. The smallest absolute Gasteiger partial charge is 0.319 e. The first kappa shape index (κ1) is 29.9. The van der Waals surface area contributed by atoms with Crippen LogP contribution in [0.4, 0.5) is 10.6 Å². The lowest BCUT2D eigenvalue weighted by Gasteiger charge is -2.42. The van der Waals surface area contributed by atoms with Crippen LogP contribution in [0.1, 0.15) is 32.1 Å². The molecule has 0 aliphatic carbocycles. The van der Waals surface area contributed by atoms with Crippen LogP contribution in [0.5, 0.6) is 11.8 Å². The number of carbonyl (C=O) groups is 3. The Morgan fingerprint density at radius 1 is 1.02 bits per heavy atom. The van der Waals surface area contributed by atoms with Crippen molar-refractivity contribution in [1.82, 2.24) is 25.1 Å². The number of anilines is 1. The van der Waals surface area contributed by atoms with Gasteiger partial charge in [0.2, 0.25) is 11.8 Å². The highest BCUT2D eigenvalue weighted by molar-refractivity contribution is 8.15. The molecule has 12 heteroatoms. The van der Waals surface area contributed by atoms with E-state index in [0.717, 1.165) is 82.6 Å². The first-order chi connectivity index (χ1) is 22.8. The maximum absolute atomic E-state index is 13.3. The Hall–Kier alpha value is -4.42. The van der Waals surface area contributed by atoms with E-state index in [2.05, 4.69) is 40.4 Å². The number of phenols is 1. The molecule has 4 fully saturated rings. The van der Waals surface area contributed by atoms with E-state index in [9.17, 15) is 19.5 Å². The molecule has 2 bridgehead atoms. The van der Waals surface area contributed by atoms with Crippen molar-refractivity contribution in [1.29, 1.82) is 0 Å². The summed E-state index contributed by atoms with van der Waals surface area (Å²) in [5, 5.41) is 14.7. The fraction of sp³-hybridized carbons (Fsp3) is 0.400. The Labute approximate surface area is 276 Å². The Bertz CT molecular complexity index is 1910. The van der Waals surface area contributed by atoms with Gasteiger partial charge in [0.1, 0.15) is 23.4 Å². The van der Waals surface area contributed by atoms with Crippen LogP contribution in [0.15, 0.2) is 54.6 Å². The van der Waals surface area contributed by atoms with Gasteiger partial charge in [0.15, 0.2) is 0 Å². The highest BCUT2D eigenvalue weighted by Gasteiger charge is 2.44. The number of hydrogen-bond donors (Lipinski definition) is 2. The number of piperazine rings is 1. The second-order valence-corrected chi connectivity index (χ2v) is 14.2. The van der Waals surface area contributed by atoms with E-state index in [-0.39, 0.29) is 30.2 Å². The molecule has 0 spiro atoms. The number of hydrogen-bond acceptors (Lipinski definition) is 10. The third kappa shape index (κ3) is 5.63. The average molecular weight is 653 g/mol. The quantitative estimate of drug-likeness (QED) is 0.294. The van der Waals surface area contributed by atoms with Crippen LogP contribution in [-0.4, -0.2) is 98.6 Å². The summed E-state index contributed by atoms with van der Waals surface area (Å²) in [5.41, 5.74) is 2.60. The third-order valence-corrected chi connectivity index (χ3v) is 11.1. The molecular formula is C35H36N6O5S. The minimum Gasteiger partial charge on any atom is -0.508 e. The Kier molecular flexibility index (Phi) is 7.64. The van der Waals surface area contributed by atoms with Gasteiger partial charge in [0.05, 0.1) is 5.52 Å². The molecule has 8 rings (SSSR count). The molecule has 0 radical (unpaired) electrons. The molecule has 4 aliphatic rings. The average Bonchev–Trinajstić information content (AvgIpc) is 3.70. The molecule has 4 aliphatic heterocycles. The Morgan fingerprint density at radius 2 is 1.83 bits per heavy atom. The van der Waals surface area contributed by atoms with Crippen molar-refractivity contribution >= 4 is 56.3 Å². The Balaban J connectivity index is 1.13. The van der Waals surface area contributed by atoms with Crippen molar-refractivity contribution in [3.63, 3.8) is 0 Å². The van der Waals surface area contributed by atoms with E-state index in [0.29, 0.717) is 31.7 Å². The molecule has 4 aromatic rings. The van der Waals surface area contributed by atoms with Crippen molar-refractivity contribution < 1.29 is 24.2 Å². The van der Waals surface area contributed by atoms with Gasteiger partial charge < -0.3 is 24.5 Å². The topological polar surface area (TPSA) is 128 Å². The van der Waals surface area contributed by atoms with E-state index in [1.165, 1.54) is 0 Å². The molecule has 3 amide bonds. The largest absolute Gasteiger partial charge is 0.508 e. The number of fused-ring (bicyclic) bond motifs is 4. The summed E-state index contributed by atoms with van der Waals surface area (Å²) >= 11 is 0.893. The van der Waals surface area contributed by atoms with Gasteiger partial charge in [-0.2, -0.15) is 9.97 Å². The highest BCUT2D eigenvalue weighted by Crippen LogP contribution is 2.40. The number of nitrogens with zero attached hydrogens (tertiary/aromatic N) is 5. The summed E-state index contributed by atoms with van der Waals surface area (Å²) in [6.45, 7) is 2.59. The van der Waals surface area contributed by atoms with Gasteiger partial charge in [-0.3, -0.25) is 19.7 Å². The van der Waals surface area contributed by atoms with Crippen molar-refractivity contribution in [2.75, 3.05) is 38.2 Å². The maximum Gasteiger partial charge on any atom is 0.319 e. The number of amides is 3. The van der Waals surface area contributed by atoms with Crippen LogP contribution in [0.2, 0.25) is 0 Å². The number of phenolic OH excluding ortho intramolecular Hbond substituents is 1. The number of likely N-dealkylation sites (tertiary alicyclic amines) is 2. The lowest BCUT2D eigenvalue weighted by atomic mass is 9.97. The molecule has 2 N–H and O–H groups in total. The lowest BCUT2D eigenvalue weighted by molar-refractivity contribution is -0.133. The molecule has 0 saturated carbocycles. The highest BCUT2D eigenvalue weighted by atomic mass is 32.2. The van der Waals surface area contributed by atoms with Crippen molar-refractivity contribution in [2.24, 2.45) is 0 Å². The van der Waals surface area contributed by atoms with Crippen molar-refractivity contribution in [2.45, 2.75) is 55.5 Å². The van der Waals surface area contributed by atoms with Crippen LogP contribution in [-0.2, 0) is 9.59 Å². The molecule has 11 nitrogen and oxygen atoms in total. The summed E-state index contributed by atoms with van der Waals surface area (Å²) in [6, 6.07) is 18.5. The number of ether oxygens (including phenoxy) is 1.